The minimum absolute atomic E-state index is 0.0116. The zero-order valence-corrected chi connectivity index (χ0v) is 9.92. The number of amides is 1. The molecule has 1 aromatic carbocycles. The molecule has 0 saturated heterocycles. The van der Waals surface area contributed by atoms with Gasteiger partial charge in [0.05, 0.1) is 0 Å². The van der Waals surface area contributed by atoms with E-state index >= 15 is 0 Å². The smallest absolute Gasteiger partial charge is 0.237 e. The van der Waals surface area contributed by atoms with Gasteiger partial charge in [0.2, 0.25) is 5.91 Å². The first-order valence-electron chi connectivity index (χ1n) is 5.07. The van der Waals surface area contributed by atoms with Gasteiger partial charge in [-0.15, -0.1) is 11.6 Å². The predicted molar refractivity (Wildman–Crippen MR) is 63.0 cm³/mol. The van der Waals surface area contributed by atoms with E-state index in [0.29, 0.717) is 13.1 Å². The van der Waals surface area contributed by atoms with Crippen molar-refractivity contribution in [3.63, 3.8) is 0 Å². The van der Waals surface area contributed by atoms with Crippen LogP contribution in [0.25, 0.3) is 0 Å². The van der Waals surface area contributed by atoms with E-state index < -0.39 is 0 Å². The molecule has 0 saturated carbocycles. The Kier molecular flexibility index (Phi) is 4.63. The van der Waals surface area contributed by atoms with Gasteiger partial charge in [0, 0.05) is 13.1 Å². The lowest BCUT2D eigenvalue weighted by Gasteiger charge is -2.20. The molecule has 0 aliphatic carbocycles. The fourth-order valence-electron chi connectivity index (χ4n) is 1.45. The number of rotatable bonds is 4. The van der Waals surface area contributed by atoms with Gasteiger partial charge in [0.25, 0.3) is 0 Å². The zero-order valence-electron chi connectivity index (χ0n) is 9.16. The van der Waals surface area contributed by atoms with Crippen molar-refractivity contribution in [1.29, 1.82) is 0 Å². The highest BCUT2D eigenvalue weighted by atomic mass is 35.5. The quantitative estimate of drug-likeness (QED) is 0.722. The molecule has 0 heterocycles. The summed E-state index contributed by atoms with van der Waals surface area (Å²) >= 11 is 5.54. The summed E-state index contributed by atoms with van der Waals surface area (Å²) in [5.74, 6) is 0.0436. The minimum atomic E-state index is -0.0116. The molecular formula is C12H16ClNO. The van der Waals surface area contributed by atoms with E-state index in [0.717, 1.165) is 0 Å². The molecule has 1 amide bonds. The molecule has 0 spiro atoms. The standard InChI is InChI=1S/C12H16ClNO/c1-3-14(12(15)8-13)9-11-7-5-4-6-10(11)2/h4-7H,3,8-9H2,1-2H3. The van der Waals surface area contributed by atoms with Crippen LogP contribution in [-0.2, 0) is 11.3 Å². The topological polar surface area (TPSA) is 20.3 Å². The Hall–Kier alpha value is -1.02. The second-order valence-corrected chi connectivity index (χ2v) is 3.74. The van der Waals surface area contributed by atoms with Crippen LogP contribution in [0.3, 0.4) is 0 Å². The van der Waals surface area contributed by atoms with Crippen LogP contribution in [0, 0.1) is 6.92 Å². The van der Waals surface area contributed by atoms with Gasteiger partial charge in [-0.05, 0) is 25.0 Å². The molecule has 1 aromatic rings. The Morgan fingerprint density at radius 1 is 1.40 bits per heavy atom. The van der Waals surface area contributed by atoms with E-state index in [2.05, 4.69) is 0 Å². The summed E-state index contributed by atoms with van der Waals surface area (Å²) in [6.45, 7) is 5.35. The molecule has 0 aliphatic rings. The molecule has 2 nitrogen and oxygen atoms in total. The number of carbonyl (C=O) groups excluding carboxylic acids is 1. The van der Waals surface area contributed by atoms with Crippen molar-refractivity contribution in [2.75, 3.05) is 12.4 Å². The first-order chi connectivity index (χ1) is 7.19. The van der Waals surface area contributed by atoms with Crippen LogP contribution < -0.4 is 0 Å². The average Bonchev–Trinajstić information content (AvgIpc) is 2.27. The highest BCUT2D eigenvalue weighted by Gasteiger charge is 2.11. The van der Waals surface area contributed by atoms with E-state index in [1.165, 1.54) is 11.1 Å². The van der Waals surface area contributed by atoms with Crippen LogP contribution in [0.4, 0.5) is 0 Å². The SMILES string of the molecule is CCN(Cc1ccccc1C)C(=O)CCl. The maximum absolute atomic E-state index is 11.5. The number of halogens is 1. The van der Waals surface area contributed by atoms with Gasteiger partial charge in [-0.2, -0.15) is 0 Å². The van der Waals surface area contributed by atoms with Crippen molar-refractivity contribution in [3.8, 4) is 0 Å². The molecular weight excluding hydrogens is 210 g/mol. The Bertz CT molecular complexity index is 338. The molecule has 82 valence electrons. The van der Waals surface area contributed by atoms with Gasteiger partial charge in [0.1, 0.15) is 5.88 Å². The Labute approximate surface area is 95.8 Å². The van der Waals surface area contributed by atoms with E-state index in [1.54, 1.807) is 4.90 Å². The van der Waals surface area contributed by atoms with Gasteiger partial charge < -0.3 is 4.90 Å². The Morgan fingerprint density at radius 3 is 2.60 bits per heavy atom. The third-order valence-electron chi connectivity index (χ3n) is 2.47. The number of nitrogens with zero attached hydrogens (tertiary/aromatic N) is 1. The number of hydrogen-bond donors (Lipinski definition) is 0. The molecule has 0 radical (unpaired) electrons. The van der Waals surface area contributed by atoms with Crippen molar-refractivity contribution in [2.24, 2.45) is 0 Å². The maximum Gasteiger partial charge on any atom is 0.237 e. The molecule has 1 rings (SSSR count). The second kappa shape index (κ2) is 5.76. The first-order valence-corrected chi connectivity index (χ1v) is 5.60. The van der Waals surface area contributed by atoms with Crippen LogP contribution in [0.5, 0.6) is 0 Å². The molecule has 0 bridgehead atoms. The van der Waals surface area contributed by atoms with Gasteiger partial charge >= 0.3 is 0 Å². The molecule has 0 atom stereocenters. The van der Waals surface area contributed by atoms with E-state index in [1.807, 2.05) is 38.1 Å². The lowest BCUT2D eigenvalue weighted by Crippen LogP contribution is -2.31. The number of carbonyl (C=O) groups is 1. The summed E-state index contributed by atoms with van der Waals surface area (Å²) < 4.78 is 0. The molecule has 0 aliphatic heterocycles. The summed E-state index contributed by atoms with van der Waals surface area (Å²) in [4.78, 5) is 13.2. The third-order valence-corrected chi connectivity index (χ3v) is 2.70. The van der Waals surface area contributed by atoms with Crippen molar-refractivity contribution in [2.45, 2.75) is 20.4 Å². The number of hydrogen-bond acceptors (Lipinski definition) is 1. The highest BCUT2D eigenvalue weighted by Crippen LogP contribution is 2.10. The van der Waals surface area contributed by atoms with Crippen LogP contribution in [0.2, 0.25) is 0 Å². The number of aryl methyl sites for hydroxylation is 1. The molecule has 15 heavy (non-hydrogen) atoms. The third kappa shape index (κ3) is 3.24. The van der Waals surface area contributed by atoms with Crippen molar-refractivity contribution in [3.05, 3.63) is 35.4 Å². The lowest BCUT2D eigenvalue weighted by molar-refractivity contribution is -0.128. The summed E-state index contributed by atoms with van der Waals surface area (Å²) in [5.41, 5.74) is 2.39. The molecule has 0 fully saturated rings. The lowest BCUT2D eigenvalue weighted by atomic mass is 10.1. The van der Waals surface area contributed by atoms with Gasteiger partial charge in [-0.1, -0.05) is 24.3 Å². The number of alkyl halides is 1. The molecule has 0 unspecified atom stereocenters. The van der Waals surface area contributed by atoms with Gasteiger partial charge in [-0.3, -0.25) is 4.79 Å². The van der Waals surface area contributed by atoms with Crippen LogP contribution in [-0.4, -0.2) is 23.2 Å². The highest BCUT2D eigenvalue weighted by molar-refractivity contribution is 6.27. The van der Waals surface area contributed by atoms with Crippen molar-refractivity contribution >= 4 is 17.5 Å². The fourth-order valence-corrected chi connectivity index (χ4v) is 1.62. The maximum atomic E-state index is 11.5. The van der Waals surface area contributed by atoms with Gasteiger partial charge in [0.15, 0.2) is 0 Å². The minimum Gasteiger partial charge on any atom is -0.338 e. The van der Waals surface area contributed by atoms with E-state index in [4.69, 9.17) is 11.6 Å². The summed E-state index contributed by atoms with van der Waals surface area (Å²) in [6, 6.07) is 8.08. The normalized spacial score (nSPS) is 10.1. The summed E-state index contributed by atoms with van der Waals surface area (Å²) in [6.07, 6.45) is 0. The van der Waals surface area contributed by atoms with Crippen LogP contribution >= 0.6 is 11.6 Å². The molecule has 0 N–H and O–H groups in total. The Balaban J connectivity index is 2.75. The first kappa shape index (κ1) is 12.1. The molecule has 0 aromatic heterocycles. The average molecular weight is 226 g/mol. The fraction of sp³-hybridized carbons (Fsp3) is 0.417. The zero-order chi connectivity index (χ0) is 11.3. The van der Waals surface area contributed by atoms with Crippen LogP contribution in [0.1, 0.15) is 18.1 Å². The summed E-state index contributed by atoms with van der Waals surface area (Å²) in [5, 5.41) is 0. The van der Waals surface area contributed by atoms with E-state index in [9.17, 15) is 4.79 Å². The monoisotopic (exact) mass is 225 g/mol. The van der Waals surface area contributed by atoms with Gasteiger partial charge in [-0.25, -0.2) is 0 Å². The largest absolute Gasteiger partial charge is 0.338 e. The predicted octanol–water partition coefficient (Wildman–Crippen LogP) is 2.58. The Morgan fingerprint density at radius 2 is 2.07 bits per heavy atom. The van der Waals surface area contributed by atoms with Crippen molar-refractivity contribution < 1.29 is 4.79 Å². The molecule has 3 heteroatoms. The van der Waals surface area contributed by atoms with Crippen molar-refractivity contribution in [1.82, 2.24) is 4.90 Å². The summed E-state index contributed by atoms with van der Waals surface area (Å²) in [7, 11) is 0. The van der Waals surface area contributed by atoms with E-state index in [-0.39, 0.29) is 11.8 Å². The van der Waals surface area contributed by atoms with Crippen LogP contribution in [0.15, 0.2) is 24.3 Å². The second-order valence-electron chi connectivity index (χ2n) is 3.47. The number of benzene rings is 1.